The van der Waals surface area contributed by atoms with Gasteiger partial charge in [-0.15, -0.1) is 0 Å². The van der Waals surface area contributed by atoms with E-state index < -0.39 is 0 Å². The van der Waals surface area contributed by atoms with Gasteiger partial charge in [0.15, 0.2) is 0 Å². The van der Waals surface area contributed by atoms with Crippen LogP contribution >= 0.6 is 0 Å². The summed E-state index contributed by atoms with van der Waals surface area (Å²) in [5.74, 6) is -0.616. The summed E-state index contributed by atoms with van der Waals surface area (Å²) in [6.07, 6.45) is 1.80. The summed E-state index contributed by atoms with van der Waals surface area (Å²) in [6.45, 7) is 0. The number of nitrogens with one attached hydrogen (secondary N) is 1. The zero-order chi connectivity index (χ0) is 12.4. The number of amides is 1. The Morgan fingerprint density at radius 2 is 2.12 bits per heavy atom. The molecule has 0 aliphatic heterocycles. The quantitative estimate of drug-likeness (QED) is 0.733. The van der Waals surface area contributed by atoms with E-state index in [9.17, 15) is 9.90 Å². The van der Waals surface area contributed by atoms with E-state index in [1.807, 2.05) is 0 Å². The number of ether oxygens (including phenoxy) is 1. The van der Waals surface area contributed by atoms with Gasteiger partial charge >= 0.3 is 0 Å². The summed E-state index contributed by atoms with van der Waals surface area (Å²) >= 11 is 0. The highest BCUT2D eigenvalue weighted by atomic mass is 16.5. The fourth-order valence-electron chi connectivity index (χ4n) is 1.85. The monoisotopic (exact) mass is 237 g/mol. The Morgan fingerprint density at radius 3 is 2.71 bits per heavy atom. The first-order valence-corrected chi connectivity index (χ1v) is 5.45. The summed E-state index contributed by atoms with van der Waals surface area (Å²) in [4.78, 5) is 11.8. The van der Waals surface area contributed by atoms with Crippen LogP contribution in [0.15, 0.2) is 18.2 Å². The Labute approximate surface area is 99.0 Å². The number of aromatic hydroxyl groups is 2. The molecule has 1 aliphatic carbocycles. The highest BCUT2D eigenvalue weighted by Gasteiger charge is 2.30. The van der Waals surface area contributed by atoms with Gasteiger partial charge in [-0.2, -0.15) is 0 Å². The van der Waals surface area contributed by atoms with Crippen molar-refractivity contribution in [1.82, 2.24) is 5.32 Å². The van der Waals surface area contributed by atoms with Crippen LogP contribution < -0.4 is 5.32 Å². The second-order valence-electron chi connectivity index (χ2n) is 4.20. The van der Waals surface area contributed by atoms with E-state index in [1.54, 1.807) is 7.11 Å². The number of rotatable bonds is 3. The second kappa shape index (κ2) is 4.63. The highest BCUT2D eigenvalue weighted by molar-refractivity contribution is 5.97. The van der Waals surface area contributed by atoms with E-state index in [1.165, 1.54) is 12.1 Å². The molecule has 17 heavy (non-hydrogen) atoms. The number of phenols is 2. The van der Waals surface area contributed by atoms with Crippen LogP contribution in [0.4, 0.5) is 0 Å². The lowest BCUT2D eigenvalue weighted by Gasteiger charge is -2.34. The Morgan fingerprint density at radius 1 is 1.41 bits per heavy atom. The van der Waals surface area contributed by atoms with Crippen molar-refractivity contribution in [2.24, 2.45) is 0 Å². The highest BCUT2D eigenvalue weighted by Crippen LogP contribution is 2.25. The lowest BCUT2D eigenvalue weighted by atomic mass is 9.89. The van der Waals surface area contributed by atoms with E-state index in [4.69, 9.17) is 9.84 Å². The minimum atomic E-state index is -0.331. The molecule has 1 saturated carbocycles. The van der Waals surface area contributed by atoms with Gasteiger partial charge < -0.3 is 20.3 Å². The van der Waals surface area contributed by atoms with Gasteiger partial charge in [-0.25, -0.2) is 0 Å². The fraction of sp³-hybridized carbons (Fsp3) is 0.417. The molecule has 0 saturated heterocycles. The molecule has 1 fully saturated rings. The predicted octanol–water partition coefficient (Wildman–Crippen LogP) is 1.00. The van der Waals surface area contributed by atoms with Crippen LogP contribution in [0.25, 0.3) is 0 Å². The van der Waals surface area contributed by atoms with Crippen LogP contribution in [0.3, 0.4) is 0 Å². The Kier molecular flexibility index (Phi) is 3.19. The zero-order valence-electron chi connectivity index (χ0n) is 9.51. The summed E-state index contributed by atoms with van der Waals surface area (Å²) < 4.78 is 5.11. The van der Waals surface area contributed by atoms with Crippen LogP contribution in [0.5, 0.6) is 11.5 Å². The third kappa shape index (κ3) is 2.50. The average Bonchev–Trinajstić information content (AvgIpc) is 2.22. The number of carbonyl (C=O) groups is 1. The predicted molar refractivity (Wildman–Crippen MR) is 61.1 cm³/mol. The molecule has 5 nitrogen and oxygen atoms in total. The lowest BCUT2D eigenvalue weighted by molar-refractivity contribution is 0.0176. The molecule has 92 valence electrons. The molecule has 3 N–H and O–H groups in total. The van der Waals surface area contributed by atoms with E-state index in [0.29, 0.717) is 0 Å². The van der Waals surface area contributed by atoms with E-state index >= 15 is 0 Å². The molecule has 2 rings (SSSR count). The van der Waals surface area contributed by atoms with Gasteiger partial charge in [0.05, 0.1) is 11.7 Å². The minimum absolute atomic E-state index is 0.0675. The summed E-state index contributed by atoms with van der Waals surface area (Å²) in [6, 6.07) is 4.01. The maximum atomic E-state index is 11.8. The first-order valence-electron chi connectivity index (χ1n) is 5.45. The topological polar surface area (TPSA) is 78.8 Å². The molecule has 5 heteroatoms. The molecular weight excluding hydrogens is 222 g/mol. The van der Waals surface area contributed by atoms with Crippen LogP contribution in [-0.4, -0.2) is 35.4 Å². The first kappa shape index (κ1) is 11.7. The zero-order valence-corrected chi connectivity index (χ0v) is 9.51. The average molecular weight is 237 g/mol. The molecule has 0 heterocycles. The third-order valence-electron chi connectivity index (χ3n) is 2.99. The van der Waals surface area contributed by atoms with Gasteiger partial charge in [0, 0.05) is 19.2 Å². The molecule has 1 aromatic carbocycles. The standard InChI is InChI=1S/C12H15NO4/c1-17-9-4-7(5-9)13-12(16)10-3-2-8(14)6-11(10)15/h2-3,6-7,9,14-15H,4-5H2,1H3,(H,13,16). The molecule has 0 unspecified atom stereocenters. The Hall–Kier alpha value is -1.75. The molecule has 1 amide bonds. The van der Waals surface area contributed by atoms with Gasteiger partial charge in [0.25, 0.3) is 5.91 Å². The van der Waals surface area contributed by atoms with E-state index in [2.05, 4.69) is 5.32 Å². The Balaban J connectivity index is 1.96. The van der Waals surface area contributed by atoms with E-state index in [0.717, 1.165) is 18.9 Å². The summed E-state index contributed by atoms with van der Waals surface area (Å²) in [7, 11) is 1.65. The van der Waals surface area contributed by atoms with Gasteiger partial charge in [0.2, 0.25) is 0 Å². The molecule has 0 radical (unpaired) electrons. The molecule has 1 aliphatic rings. The van der Waals surface area contributed by atoms with Crippen molar-refractivity contribution in [3.05, 3.63) is 23.8 Å². The lowest BCUT2D eigenvalue weighted by Crippen LogP contribution is -2.47. The second-order valence-corrected chi connectivity index (χ2v) is 4.20. The van der Waals surface area contributed by atoms with Crippen molar-refractivity contribution in [3.63, 3.8) is 0 Å². The number of phenolic OH excluding ortho intramolecular Hbond substituents is 2. The third-order valence-corrected chi connectivity index (χ3v) is 2.99. The smallest absolute Gasteiger partial charge is 0.255 e. The molecule has 0 spiro atoms. The van der Waals surface area contributed by atoms with Crippen LogP contribution in [0.2, 0.25) is 0 Å². The first-order chi connectivity index (χ1) is 8.10. The molecular formula is C12H15NO4. The van der Waals surface area contributed by atoms with Crippen LogP contribution in [-0.2, 0) is 4.74 Å². The fourth-order valence-corrected chi connectivity index (χ4v) is 1.85. The largest absolute Gasteiger partial charge is 0.508 e. The Bertz CT molecular complexity index is 427. The number of hydrogen-bond acceptors (Lipinski definition) is 4. The van der Waals surface area contributed by atoms with Crippen molar-refractivity contribution in [2.75, 3.05) is 7.11 Å². The number of hydrogen-bond donors (Lipinski definition) is 3. The summed E-state index contributed by atoms with van der Waals surface area (Å²) in [5.41, 5.74) is 0.170. The van der Waals surface area contributed by atoms with Crippen molar-refractivity contribution in [1.29, 1.82) is 0 Å². The summed E-state index contributed by atoms with van der Waals surface area (Å²) in [5, 5.41) is 21.4. The SMILES string of the molecule is COC1CC(NC(=O)c2ccc(O)cc2O)C1. The van der Waals surface area contributed by atoms with Gasteiger partial charge in [-0.05, 0) is 25.0 Å². The van der Waals surface area contributed by atoms with Crippen molar-refractivity contribution < 1.29 is 19.7 Å². The van der Waals surface area contributed by atoms with Crippen LogP contribution in [0, 0.1) is 0 Å². The van der Waals surface area contributed by atoms with Gasteiger partial charge in [-0.1, -0.05) is 0 Å². The maximum absolute atomic E-state index is 11.8. The normalized spacial score (nSPS) is 22.9. The molecule has 1 aromatic rings. The molecule has 0 bridgehead atoms. The van der Waals surface area contributed by atoms with Gasteiger partial charge in [0.1, 0.15) is 11.5 Å². The number of carbonyl (C=O) groups excluding carboxylic acids is 1. The molecule has 0 atom stereocenters. The van der Waals surface area contributed by atoms with Gasteiger partial charge in [-0.3, -0.25) is 4.79 Å². The number of benzene rings is 1. The van der Waals surface area contributed by atoms with Crippen molar-refractivity contribution >= 4 is 5.91 Å². The minimum Gasteiger partial charge on any atom is -0.508 e. The number of methoxy groups -OCH3 is 1. The molecule has 0 aromatic heterocycles. The van der Waals surface area contributed by atoms with Crippen LogP contribution in [0.1, 0.15) is 23.2 Å². The van der Waals surface area contributed by atoms with Crippen molar-refractivity contribution in [2.45, 2.75) is 25.0 Å². The van der Waals surface area contributed by atoms with Crippen molar-refractivity contribution in [3.8, 4) is 11.5 Å². The van der Waals surface area contributed by atoms with E-state index in [-0.39, 0.29) is 35.1 Å². The maximum Gasteiger partial charge on any atom is 0.255 e.